The summed E-state index contributed by atoms with van der Waals surface area (Å²) in [6.45, 7) is 5.00. The molecule has 0 spiro atoms. The second-order valence-electron chi connectivity index (χ2n) is 5.46. The Balaban J connectivity index is 1.90. The van der Waals surface area contributed by atoms with Gasteiger partial charge in [-0.1, -0.05) is 6.92 Å². The molecular weight excluding hydrogens is 214 g/mol. The zero-order valence-electron chi connectivity index (χ0n) is 10.5. The summed E-state index contributed by atoms with van der Waals surface area (Å²) in [6.07, 6.45) is 4.57. The van der Waals surface area contributed by atoms with E-state index in [0.717, 1.165) is 56.5 Å². The zero-order valence-corrected chi connectivity index (χ0v) is 10.5. The first-order chi connectivity index (χ1) is 8.25. The van der Waals surface area contributed by atoms with Gasteiger partial charge in [0.1, 0.15) is 11.6 Å². The molecule has 2 unspecified atom stereocenters. The summed E-state index contributed by atoms with van der Waals surface area (Å²) in [4.78, 5) is 4.78. The lowest BCUT2D eigenvalue weighted by atomic mass is 9.98. The van der Waals surface area contributed by atoms with Crippen molar-refractivity contribution in [1.29, 1.82) is 0 Å². The van der Waals surface area contributed by atoms with Crippen LogP contribution < -0.4 is 5.73 Å². The van der Waals surface area contributed by atoms with Crippen molar-refractivity contribution in [2.24, 2.45) is 5.92 Å². The van der Waals surface area contributed by atoms with Gasteiger partial charge in [-0.3, -0.25) is 0 Å². The van der Waals surface area contributed by atoms with Crippen molar-refractivity contribution in [2.45, 2.75) is 45.1 Å². The number of imidazole rings is 1. The standard InChI is InChI=1S/C13H21N3O/c1-9-4-5-16-11(7-9)15-12(13(16)14)10-3-2-6-17-8-10/h9-10H,2-8,14H2,1H3. The van der Waals surface area contributed by atoms with Gasteiger partial charge in [-0.2, -0.15) is 0 Å². The molecule has 0 bridgehead atoms. The van der Waals surface area contributed by atoms with E-state index in [-0.39, 0.29) is 0 Å². The van der Waals surface area contributed by atoms with Crippen molar-refractivity contribution in [2.75, 3.05) is 18.9 Å². The Morgan fingerprint density at radius 2 is 2.29 bits per heavy atom. The van der Waals surface area contributed by atoms with E-state index in [1.807, 2.05) is 0 Å². The Labute approximate surface area is 102 Å². The lowest BCUT2D eigenvalue weighted by molar-refractivity contribution is 0.0796. The van der Waals surface area contributed by atoms with E-state index in [1.165, 1.54) is 12.2 Å². The van der Waals surface area contributed by atoms with Gasteiger partial charge in [-0.05, 0) is 25.2 Å². The summed E-state index contributed by atoms with van der Waals surface area (Å²) in [6, 6.07) is 0. The molecule has 4 nitrogen and oxygen atoms in total. The number of fused-ring (bicyclic) bond motifs is 1. The molecule has 0 radical (unpaired) electrons. The quantitative estimate of drug-likeness (QED) is 0.809. The fourth-order valence-corrected chi connectivity index (χ4v) is 2.96. The molecule has 94 valence electrons. The van der Waals surface area contributed by atoms with Crippen LogP contribution in [0.2, 0.25) is 0 Å². The minimum absolute atomic E-state index is 0.414. The third-order valence-corrected chi connectivity index (χ3v) is 4.04. The van der Waals surface area contributed by atoms with Crippen molar-refractivity contribution in [3.63, 3.8) is 0 Å². The Morgan fingerprint density at radius 1 is 1.41 bits per heavy atom. The van der Waals surface area contributed by atoms with E-state index >= 15 is 0 Å². The van der Waals surface area contributed by atoms with E-state index in [2.05, 4.69) is 11.5 Å². The van der Waals surface area contributed by atoms with Gasteiger partial charge in [0.2, 0.25) is 0 Å². The van der Waals surface area contributed by atoms with Crippen molar-refractivity contribution >= 4 is 5.82 Å². The number of nitrogens with two attached hydrogens (primary N) is 1. The Hall–Kier alpha value is -1.03. The number of aromatic nitrogens is 2. The van der Waals surface area contributed by atoms with Crippen LogP contribution in [0.4, 0.5) is 5.82 Å². The fourth-order valence-electron chi connectivity index (χ4n) is 2.96. The van der Waals surface area contributed by atoms with Gasteiger partial charge in [-0.15, -0.1) is 0 Å². The van der Waals surface area contributed by atoms with Crippen LogP contribution in [0, 0.1) is 5.92 Å². The average Bonchev–Trinajstić information content (AvgIpc) is 2.67. The number of nitrogen functional groups attached to an aromatic ring is 1. The highest BCUT2D eigenvalue weighted by Gasteiger charge is 2.27. The highest BCUT2D eigenvalue weighted by molar-refractivity contribution is 5.41. The number of hydrogen-bond donors (Lipinski definition) is 1. The van der Waals surface area contributed by atoms with Crippen LogP contribution in [-0.4, -0.2) is 22.8 Å². The summed E-state index contributed by atoms with van der Waals surface area (Å²) in [5.41, 5.74) is 7.34. The number of rotatable bonds is 1. The molecule has 2 aliphatic rings. The minimum Gasteiger partial charge on any atom is -0.384 e. The molecule has 0 amide bonds. The number of nitrogens with zero attached hydrogens (tertiary/aromatic N) is 2. The van der Waals surface area contributed by atoms with Crippen LogP contribution in [0.1, 0.15) is 43.6 Å². The largest absolute Gasteiger partial charge is 0.384 e. The molecule has 2 atom stereocenters. The zero-order chi connectivity index (χ0) is 11.8. The normalized spacial score (nSPS) is 29.0. The fraction of sp³-hybridized carbons (Fsp3) is 0.769. The summed E-state index contributed by atoms with van der Waals surface area (Å²) in [5, 5.41) is 0. The number of ether oxygens (including phenoxy) is 1. The molecule has 0 aromatic carbocycles. The maximum absolute atomic E-state index is 6.25. The highest BCUT2D eigenvalue weighted by Crippen LogP contribution is 2.32. The molecule has 0 saturated carbocycles. The summed E-state index contributed by atoms with van der Waals surface area (Å²) < 4.78 is 7.75. The average molecular weight is 235 g/mol. The van der Waals surface area contributed by atoms with Gasteiger partial charge in [0, 0.05) is 25.5 Å². The lowest BCUT2D eigenvalue weighted by Gasteiger charge is -2.21. The first kappa shape index (κ1) is 11.1. The molecule has 3 heterocycles. The van der Waals surface area contributed by atoms with Crippen LogP contribution in [-0.2, 0) is 17.7 Å². The number of anilines is 1. The van der Waals surface area contributed by atoms with E-state index in [1.54, 1.807) is 0 Å². The van der Waals surface area contributed by atoms with Crippen LogP contribution >= 0.6 is 0 Å². The highest BCUT2D eigenvalue weighted by atomic mass is 16.5. The predicted molar refractivity (Wildman–Crippen MR) is 66.9 cm³/mol. The summed E-state index contributed by atoms with van der Waals surface area (Å²) >= 11 is 0. The van der Waals surface area contributed by atoms with Crippen LogP contribution in [0.25, 0.3) is 0 Å². The van der Waals surface area contributed by atoms with Crippen molar-refractivity contribution in [3.05, 3.63) is 11.5 Å². The molecule has 1 aromatic heterocycles. The maximum atomic E-state index is 6.25. The third kappa shape index (κ3) is 1.95. The van der Waals surface area contributed by atoms with E-state index < -0.39 is 0 Å². The Morgan fingerprint density at radius 3 is 3.06 bits per heavy atom. The van der Waals surface area contributed by atoms with Gasteiger partial charge in [0.25, 0.3) is 0 Å². The Kier molecular flexibility index (Phi) is 2.82. The summed E-state index contributed by atoms with van der Waals surface area (Å²) in [5.74, 6) is 3.22. The van der Waals surface area contributed by atoms with Gasteiger partial charge in [0.15, 0.2) is 0 Å². The van der Waals surface area contributed by atoms with Crippen molar-refractivity contribution in [1.82, 2.24) is 9.55 Å². The molecular formula is C13H21N3O. The van der Waals surface area contributed by atoms with Crippen molar-refractivity contribution < 1.29 is 4.74 Å². The van der Waals surface area contributed by atoms with Gasteiger partial charge in [0.05, 0.1) is 12.3 Å². The SMILES string of the molecule is CC1CCn2c(nc(C3CCCOC3)c2N)C1. The first-order valence-electron chi connectivity index (χ1n) is 6.68. The van der Waals surface area contributed by atoms with E-state index in [4.69, 9.17) is 15.5 Å². The minimum atomic E-state index is 0.414. The van der Waals surface area contributed by atoms with Gasteiger partial charge < -0.3 is 15.0 Å². The first-order valence-corrected chi connectivity index (χ1v) is 6.68. The van der Waals surface area contributed by atoms with E-state index in [9.17, 15) is 0 Å². The van der Waals surface area contributed by atoms with Crippen LogP contribution in [0.15, 0.2) is 0 Å². The smallest absolute Gasteiger partial charge is 0.127 e. The third-order valence-electron chi connectivity index (χ3n) is 4.04. The molecule has 2 aliphatic heterocycles. The molecule has 17 heavy (non-hydrogen) atoms. The predicted octanol–water partition coefficient (Wildman–Crippen LogP) is 1.94. The molecule has 0 aliphatic carbocycles. The van der Waals surface area contributed by atoms with Crippen LogP contribution in [0.5, 0.6) is 0 Å². The molecule has 3 rings (SSSR count). The number of hydrogen-bond acceptors (Lipinski definition) is 3. The topological polar surface area (TPSA) is 53.1 Å². The van der Waals surface area contributed by atoms with E-state index in [0.29, 0.717) is 5.92 Å². The van der Waals surface area contributed by atoms with Gasteiger partial charge in [-0.25, -0.2) is 4.98 Å². The second kappa shape index (κ2) is 4.33. The second-order valence-corrected chi connectivity index (χ2v) is 5.46. The Bertz CT molecular complexity index is 407. The van der Waals surface area contributed by atoms with Crippen LogP contribution in [0.3, 0.4) is 0 Å². The monoisotopic (exact) mass is 235 g/mol. The molecule has 4 heteroatoms. The lowest BCUT2D eigenvalue weighted by Crippen LogP contribution is -2.19. The maximum Gasteiger partial charge on any atom is 0.127 e. The van der Waals surface area contributed by atoms with Gasteiger partial charge >= 0.3 is 0 Å². The summed E-state index contributed by atoms with van der Waals surface area (Å²) in [7, 11) is 0. The van der Waals surface area contributed by atoms with Crippen molar-refractivity contribution in [3.8, 4) is 0 Å². The molecule has 1 fully saturated rings. The molecule has 1 aromatic rings. The molecule has 1 saturated heterocycles. The molecule has 2 N–H and O–H groups in total.